The minimum absolute atomic E-state index is 0.0991. The van der Waals surface area contributed by atoms with Gasteiger partial charge < -0.3 is 0 Å². The van der Waals surface area contributed by atoms with Crippen LogP contribution in [0.15, 0.2) is 94.7 Å². The molecule has 0 radical (unpaired) electrons. The maximum atomic E-state index is 13.2. The summed E-state index contributed by atoms with van der Waals surface area (Å²) in [6.45, 7) is 1.60. The number of sulfone groups is 1. The van der Waals surface area contributed by atoms with Crippen LogP contribution in [0.3, 0.4) is 0 Å². The first kappa shape index (κ1) is 20.3. The van der Waals surface area contributed by atoms with Crippen molar-refractivity contribution in [1.82, 2.24) is 4.72 Å². The first-order chi connectivity index (χ1) is 13.3. The highest BCUT2D eigenvalue weighted by molar-refractivity contribution is 7.92. The van der Waals surface area contributed by atoms with Crippen LogP contribution in [0.25, 0.3) is 0 Å². The highest BCUT2D eigenvalue weighted by Crippen LogP contribution is 2.28. The zero-order chi connectivity index (χ0) is 20.2. The van der Waals surface area contributed by atoms with Crippen LogP contribution in [-0.4, -0.2) is 23.4 Å². The van der Waals surface area contributed by atoms with Crippen LogP contribution in [0.2, 0.25) is 0 Å². The molecule has 0 fully saturated rings. The average Bonchev–Trinajstić information content (AvgIpc) is 2.70. The van der Waals surface area contributed by atoms with E-state index in [-0.39, 0.29) is 16.3 Å². The molecule has 1 atom stereocenters. The summed E-state index contributed by atoms with van der Waals surface area (Å²) in [5.74, 6) is 0. The van der Waals surface area contributed by atoms with Gasteiger partial charge in [-0.25, -0.2) is 21.6 Å². The largest absolute Gasteiger partial charge is 0.240 e. The van der Waals surface area contributed by atoms with Crippen molar-refractivity contribution < 1.29 is 16.8 Å². The van der Waals surface area contributed by atoms with Crippen molar-refractivity contribution in [2.45, 2.75) is 22.0 Å². The normalized spacial score (nSPS) is 13.2. The number of aryl methyl sites for hydroxylation is 1. The van der Waals surface area contributed by atoms with Crippen molar-refractivity contribution in [2.24, 2.45) is 0 Å². The Hall–Kier alpha value is -2.48. The first-order valence-electron chi connectivity index (χ1n) is 8.71. The molecule has 0 aliphatic carbocycles. The van der Waals surface area contributed by atoms with E-state index in [1.807, 2.05) is 6.92 Å². The molecule has 0 saturated heterocycles. The molecular formula is C21H21NO4S2. The number of nitrogens with one attached hydrogen (secondary N) is 1. The highest BCUT2D eigenvalue weighted by Gasteiger charge is 2.30. The molecule has 3 aromatic rings. The third-order valence-corrected chi connectivity index (χ3v) is 7.96. The van der Waals surface area contributed by atoms with Gasteiger partial charge in [-0.05, 0) is 36.8 Å². The third kappa shape index (κ3) is 4.49. The third-order valence-electron chi connectivity index (χ3n) is 4.41. The molecule has 0 bridgehead atoms. The second-order valence-corrected chi connectivity index (χ2v) is 10.3. The summed E-state index contributed by atoms with van der Waals surface area (Å²) in [7, 11) is -7.63. The quantitative estimate of drug-likeness (QED) is 0.641. The summed E-state index contributed by atoms with van der Waals surface area (Å²) in [6.07, 6.45) is 0. The lowest BCUT2D eigenvalue weighted by atomic mass is 10.1. The molecule has 146 valence electrons. The van der Waals surface area contributed by atoms with E-state index in [1.54, 1.807) is 60.7 Å². The van der Waals surface area contributed by atoms with Gasteiger partial charge in [0, 0.05) is 6.54 Å². The Morgan fingerprint density at radius 2 is 1.25 bits per heavy atom. The van der Waals surface area contributed by atoms with E-state index in [0.29, 0.717) is 5.56 Å². The Bertz CT molecular complexity index is 1130. The van der Waals surface area contributed by atoms with Gasteiger partial charge in [-0.1, -0.05) is 66.2 Å². The molecule has 0 aliphatic heterocycles. The van der Waals surface area contributed by atoms with Crippen LogP contribution in [-0.2, 0) is 19.9 Å². The zero-order valence-corrected chi connectivity index (χ0v) is 16.9. The van der Waals surface area contributed by atoms with E-state index in [0.717, 1.165) is 5.56 Å². The summed E-state index contributed by atoms with van der Waals surface area (Å²) in [5, 5.41) is -1.05. The van der Waals surface area contributed by atoms with Gasteiger partial charge in [-0.3, -0.25) is 0 Å². The standard InChI is InChI=1S/C21H21NO4S2/c1-17-12-14-20(15-13-17)28(25,26)22-16-21(18-8-4-2-5-9-18)27(23,24)19-10-6-3-7-11-19/h2-15,21-22H,16H2,1H3/t21-/m0/s1. The van der Waals surface area contributed by atoms with Crippen LogP contribution in [0, 0.1) is 6.92 Å². The number of benzene rings is 3. The molecule has 5 nitrogen and oxygen atoms in total. The van der Waals surface area contributed by atoms with E-state index < -0.39 is 25.1 Å². The molecule has 0 amide bonds. The Morgan fingerprint density at radius 3 is 1.82 bits per heavy atom. The van der Waals surface area contributed by atoms with Gasteiger partial charge in [-0.2, -0.15) is 0 Å². The van der Waals surface area contributed by atoms with Crippen LogP contribution < -0.4 is 4.72 Å². The summed E-state index contributed by atoms with van der Waals surface area (Å²) >= 11 is 0. The zero-order valence-electron chi connectivity index (χ0n) is 15.3. The smallest absolute Gasteiger partial charge is 0.223 e. The predicted octanol–water partition coefficient (Wildman–Crippen LogP) is 3.49. The van der Waals surface area contributed by atoms with Crippen LogP contribution >= 0.6 is 0 Å². The van der Waals surface area contributed by atoms with Crippen molar-refractivity contribution >= 4 is 19.9 Å². The molecule has 3 aromatic carbocycles. The lowest BCUT2D eigenvalue weighted by Gasteiger charge is -2.19. The molecule has 0 unspecified atom stereocenters. The van der Waals surface area contributed by atoms with Crippen LogP contribution in [0.5, 0.6) is 0 Å². The second kappa shape index (κ2) is 8.26. The molecule has 0 spiro atoms. The second-order valence-electron chi connectivity index (χ2n) is 6.42. The van der Waals surface area contributed by atoms with Crippen LogP contribution in [0.4, 0.5) is 0 Å². The number of sulfonamides is 1. The van der Waals surface area contributed by atoms with Crippen LogP contribution in [0.1, 0.15) is 16.4 Å². The van der Waals surface area contributed by atoms with Gasteiger partial charge >= 0.3 is 0 Å². The summed E-state index contributed by atoms with van der Waals surface area (Å²) in [5.41, 5.74) is 1.46. The van der Waals surface area contributed by atoms with E-state index >= 15 is 0 Å². The lowest BCUT2D eigenvalue weighted by Crippen LogP contribution is -2.32. The van der Waals surface area contributed by atoms with Crippen molar-refractivity contribution in [1.29, 1.82) is 0 Å². The number of rotatable bonds is 7. The van der Waals surface area contributed by atoms with Crippen molar-refractivity contribution in [2.75, 3.05) is 6.54 Å². The summed E-state index contributed by atoms with van der Waals surface area (Å²) in [6, 6.07) is 23.1. The summed E-state index contributed by atoms with van der Waals surface area (Å²) < 4.78 is 54.1. The molecule has 7 heteroatoms. The SMILES string of the molecule is Cc1ccc(S(=O)(=O)NC[C@@H](c2ccccc2)S(=O)(=O)c2ccccc2)cc1. The number of hydrogen-bond acceptors (Lipinski definition) is 4. The number of hydrogen-bond donors (Lipinski definition) is 1. The minimum Gasteiger partial charge on any atom is -0.223 e. The maximum absolute atomic E-state index is 13.2. The van der Waals surface area contributed by atoms with E-state index in [9.17, 15) is 16.8 Å². The van der Waals surface area contributed by atoms with Gasteiger partial charge in [0.25, 0.3) is 0 Å². The average molecular weight is 416 g/mol. The molecule has 1 N–H and O–H groups in total. The van der Waals surface area contributed by atoms with Crippen molar-refractivity contribution in [3.63, 3.8) is 0 Å². The first-order valence-corrected chi connectivity index (χ1v) is 11.7. The Balaban J connectivity index is 1.94. The molecule has 3 rings (SSSR count). The molecule has 28 heavy (non-hydrogen) atoms. The molecule has 0 saturated carbocycles. The molecule has 0 heterocycles. The van der Waals surface area contributed by atoms with E-state index in [2.05, 4.69) is 4.72 Å². The van der Waals surface area contributed by atoms with Crippen molar-refractivity contribution in [3.8, 4) is 0 Å². The fraction of sp³-hybridized carbons (Fsp3) is 0.143. The maximum Gasteiger partial charge on any atom is 0.240 e. The van der Waals surface area contributed by atoms with Gasteiger partial charge in [0.05, 0.1) is 9.79 Å². The molecule has 0 aliphatic rings. The molecular weight excluding hydrogens is 394 g/mol. The highest BCUT2D eigenvalue weighted by atomic mass is 32.2. The van der Waals surface area contributed by atoms with Crippen molar-refractivity contribution in [3.05, 3.63) is 96.1 Å². The van der Waals surface area contributed by atoms with Gasteiger partial charge in [0.15, 0.2) is 9.84 Å². The predicted molar refractivity (Wildman–Crippen MR) is 109 cm³/mol. The minimum atomic E-state index is -3.84. The van der Waals surface area contributed by atoms with Gasteiger partial charge in [-0.15, -0.1) is 0 Å². The van der Waals surface area contributed by atoms with E-state index in [4.69, 9.17) is 0 Å². The topological polar surface area (TPSA) is 80.3 Å². The van der Waals surface area contributed by atoms with Gasteiger partial charge in [0.1, 0.15) is 5.25 Å². The monoisotopic (exact) mass is 415 g/mol. The Morgan fingerprint density at radius 1 is 0.714 bits per heavy atom. The fourth-order valence-corrected chi connectivity index (χ4v) is 5.67. The fourth-order valence-electron chi connectivity index (χ4n) is 2.83. The Kier molecular flexibility index (Phi) is 5.98. The van der Waals surface area contributed by atoms with E-state index in [1.165, 1.54) is 24.3 Å². The molecule has 0 aromatic heterocycles. The Labute approximate surface area is 166 Å². The lowest BCUT2D eigenvalue weighted by molar-refractivity contribution is 0.568. The summed E-state index contributed by atoms with van der Waals surface area (Å²) in [4.78, 5) is 0.250. The van der Waals surface area contributed by atoms with Gasteiger partial charge in [0.2, 0.25) is 10.0 Å².